The molecule has 0 aromatic rings. The third-order valence-corrected chi connectivity index (χ3v) is 3.57. The zero-order valence-corrected chi connectivity index (χ0v) is 16.1. The first-order valence-corrected chi connectivity index (χ1v) is 13.5. The first-order chi connectivity index (χ1) is 8.62. The van der Waals surface area contributed by atoms with Gasteiger partial charge >= 0.3 is 11.9 Å². The molecule has 0 saturated heterocycles. The van der Waals surface area contributed by atoms with E-state index in [1.807, 2.05) is 60.1 Å². The molecule has 0 aliphatic rings. The molecule has 0 amide bonds. The van der Waals surface area contributed by atoms with Gasteiger partial charge in [-0.05, 0) is 45.0 Å². The minimum absolute atomic E-state index is 0.239. The molecule has 115 valence electrons. The topological polar surface area (TPSA) is 55.4 Å². The van der Waals surface area contributed by atoms with Crippen molar-refractivity contribution in [3.8, 4) is 0 Å². The first-order valence-electron chi connectivity index (χ1n) is 6.72. The Hall–Kier alpha value is -0.976. The van der Waals surface area contributed by atoms with E-state index in [2.05, 4.69) is 5.73 Å². The molecule has 4 nitrogen and oxygen atoms in total. The summed E-state index contributed by atoms with van der Waals surface area (Å²) in [7, 11) is -4.01. The van der Waals surface area contributed by atoms with E-state index in [0.29, 0.717) is 0 Å². The molecule has 0 spiro atoms. The third-order valence-electron chi connectivity index (χ3n) is 1.98. The van der Waals surface area contributed by atoms with Gasteiger partial charge in [-0.1, -0.05) is 20.8 Å². The predicted octanol–water partition coefficient (Wildman–Crippen LogP) is 4.06. The summed E-state index contributed by atoms with van der Waals surface area (Å²) in [6, 6.07) is 0. The second-order valence-corrected chi connectivity index (χ2v) is 16.6. The van der Waals surface area contributed by atoms with Crippen LogP contribution in [0.2, 0.25) is 39.3 Å². The largest absolute Gasteiger partial charge is 0.516 e. The van der Waals surface area contributed by atoms with Gasteiger partial charge in [0.05, 0.1) is 5.57 Å². The van der Waals surface area contributed by atoms with Crippen LogP contribution in [0.3, 0.4) is 0 Å². The smallest absolute Gasteiger partial charge is 0.363 e. The van der Waals surface area contributed by atoms with Gasteiger partial charge in [-0.25, -0.2) is 9.90 Å². The average Bonchev–Trinajstić information content (AvgIpc) is 2.05. The van der Waals surface area contributed by atoms with E-state index in [0.717, 1.165) is 0 Å². The molecule has 0 aliphatic heterocycles. The summed E-state index contributed by atoms with van der Waals surface area (Å²) in [6.07, 6.45) is 0. The molecule has 0 aliphatic carbocycles. The molecule has 0 unspecified atom stereocenters. The van der Waals surface area contributed by atoms with Crippen molar-refractivity contribution >= 4 is 22.6 Å². The molecule has 0 rings (SSSR count). The lowest BCUT2D eigenvalue weighted by molar-refractivity contribution is -0.131. The summed E-state index contributed by atoms with van der Waals surface area (Å²) in [4.78, 5) is 12.2. The van der Waals surface area contributed by atoms with Crippen molar-refractivity contribution in [1.29, 1.82) is 0 Å². The number of carbonyl (C=O) groups is 1. The van der Waals surface area contributed by atoms with Gasteiger partial charge < -0.3 is 8.85 Å². The molecule has 0 atom stereocenters. The lowest BCUT2D eigenvalue weighted by Crippen LogP contribution is -2.32. The van der Waals surface area contributed by atoms with Gasteiger partial charge in [0.2, 0.25) is 16.6 Å². The Labute approximate surface area is 124 Å². The van der Waals surface area contributed by atoms with Crippen LogP contribution >= 0.6 is 0 Å². The second-order valence-electron chi connectivity index (χ2n) is 7.75. The van der Waals surface area contributed by atoms with Crippen LogP contribution in [0.15, 0.2) is 17.2 Å². The zero-order valence-electron chi connectivity index (χ0n) is 14.1. The van der Waals surface area contributed by atoms with Crippen molar-refractivity contribution < 1.29 is 18.8 Å². The van der Waals surface area contributed by atoms with Crippen molar-refractivity contribution in [3.05, 3.63) is 17.2 Å². The standard InChI is InChI=1S/C14H27O4Si2/c1-14(2,3)11(13(16)18-20(7,8)9)10-12(15)17-19(4,5)6/h1-9H3. The molecule has 0 aromatic heterocycles. The fourth-order valence-electron chi connectivity index (χ4n) is 1.28. The van der Waals surface area contributed by atoms with Crippen LogP contribution in [-0.2, 0) is 18.8 Å². The van der Waals surface area contributed by atoms with Crippen molar-refractivity contribution in [2.24, 2.45) is 5.41 Å². The van der Waals surface area contributed by atoms with Gasteiger partial charge in [-0.2, -0.15) is 0 Å². The van der Waals surface area contributed by atoms with Gasteiger partial charge in [0, 0.05) is 5.41 Å². The lowest BCUT2D eigenvalue weighted by Gasteiger charge is -2.24. The van der Waals surface area contributed by atoms with Crippen LogP contribution in [0.4, 0.5) is 0 Å². The number of carbonyl (C=O) groups excluding carboxylic acids is 1. The Kier molecular flexibility index (Phi) is 5.90. The number of hydrogen-bond donors (Lipinski definition) is 0. The van der Waals surface area contributed by atoms with E-state index in [1.165, 1.54) is 0 Å². The van der Waals surface area contributed by atoms with Crippen LogP contribution in [0, 0.1) is 5.41 Å². The Morgan fingerprint density at radius 3 is 1.60 bits per heavy atom. The normalized spacial score (nSPS) is 12.4. The van der Waals surface area contributed by atoms with E-state index in [1.54, 1.807) is 0 Å². The van der Waals surface area contributed by atoms with Gasteiger partial charge in [0.1, 0.15) is 0 Å². The molecular weight excluding hydrogens is 288 g/mol. The molecule has 20 heavy (non-hydrogen) atoms. The second kappa shape index (κ2) is 6.20. The highest BCUT2D eigenvalue weighted by molar-refractivity contribution is 6.71. The summed E-state index contributed by atoms with van der Waals surface area (Å²) >= 11 is 0. The minimum atomic E-state index is -2.01. The quantitative estimate of drug-likeness (QED) is 0.340. The Morgan fingerprint density at radius 2 is 1.30 bits per heavy atom. The highest BCUT2D eigenvalue weighted by Gasteiger charge is 2.30. The molecular formula is C14H27O4Si2. The fourth-order valence-corrected chi connectivity index (χ4v) is 2.54. The van der Waals surface area contributed by atoms with Crippen molar-refractivity contribution in [1.82, 2.24) is 0 Å². The highest BCUT2D eigenvalue weighted by atomic mass is 28.4. The molecule has 0 N–H and O–H groups in total. The highest BCUT2D eigenvalue weighted by Crippen LogP contribution is 2.27. The van der Waals surface area contributed by atoms with E-state index >= 15 is 0 Å². The molecule has 0 heterocycles. The Bertz CT molecular complexity index is 428. The van der Waals surface area contributed by atoms with E-state index in [-0.39, 0.29) is 5.57 Å². The van der Waals surface area contributed by atoms with Crippen molar-refractivity contribution in [3.63, 3.8) is 0 Å². The van der Waals surface area contributed by atoms with Crippen LogP contribution in [0.5, 0.6) is 0 Å². The average molecular weight is 316 g/mol. The van der Waals surface area contributed by atoms with Gasteiger partial charge in [-0.15, -0.1) is 0 Å². The predicted molar refractivity (Wildman–Crippen MR) is 84.5 cm³/mol. The molecule has 0 aromatic carbocycles. The molecule has 0 fully saturated rings. The zero-order chi connectivity index (χ0) is 16.4. The SMILES string of the molecule is CC(C)(C)C(=C=C([O])O[Si](C)(C)C)C(=O)O[Si](C)(C)C. The van der Waals surface area contributed by atoms with Gasteiger partial charge in [0.15, 0.2) is 0 Å². The van der Waals surface area contributed by atoms with E-state index in [4.69, 9.17) is 8.85 Å². The van der Waals surface area contributed by atoms with Gasteiger partial charge in [0.25, 0.3) is 0 Å². The summed E-state index contributed by atoms with van der Waals surface area (Å²) < 4.78 is 10.8. The molecule has 1 radical (unpaired) electrons. The molecule has 0 bridgehead atoms. The summed E-state index contributed by atoms with van der Waals surface area (Å²) in [6.45, 7) is 17.0. The summed E-state index contributed by atoms with van der Waals surface area (Å²) in [5.41, 5.74) is 2.29. The Morgan fingerprint density at radius 1 is 0.900 bits per heavy atom. The monoisotopic (exact) mass is 315 g/mol. The summed E-state index contributed by atoms with van der Waals surface area (Å²) in [5.74, 6) is -1.05. The number of hydrogen-bond acceptors (Lipinski definition) is 3. The minimum Gasteiger partial charge on any atom is -0.516 e. The van der Waals surface area contributed by atoms with Gasteiger partial charge in [-0.3, -0.25) is 0 Å². The number of rotatable bonds is 4. The van der Waals surface area contributed by atoms with Crippen molar-refractivity contribution in [2.45, 2.75) is 60.1 Å². The Balaban J connectivity index is 5.60. The van der Waals surface area contributed by atoms with Crippen LogP contribution in [0.1, 0.15) is 20.8 Å². The fraction of sp³-hybridized carbons (Fsp3) is 0.714. The first kappa shape index (κ1) is 19.0. The lowest BCUT2D eigenvalue weighted by atomic mass is 9.87. The maximum absolute atomic E-state index is 12.2. The molecule has 0 saturated carbocycles. The third kappa shape index (κ3) is 8.25. The van der Waals surface area contributed by atoms with Crippen LogP contribution in [-0.4, -0.2) is 22.6 Å². The maximum atomic E-state index is 12.2. The van der Waals surface area contributed by atoms with E-state index < -0.39 is 34.0 Å². The van der Waals surface area contributed by atoms with Crippen molar-refractivity contribution in [2.75, 3.05) is 0 Å². The molecule has 6 heteroatoms. The van der Waals surface area contributed by atoms with Crippen LogP contribution < -0.4 is 0 Å². The summed E-state index contributed by atoms with van der Waals surface area (Å²) in [5, 5.41) is 11.9. The van der Waals surface area contributed by atoms with Crippen LogP contribution in [0.25, 0.3) is 0 Å². The van der Waals surface area contributed by atoms with E-state index in [9.17, 15) is 9.90 Å². The maximum Gasteiger partial charge on any atom is 0.363 e.